The first kappa shape index (κ1) is 11.2. The van der Waals surface area contributed by atoms with Crippen LogP contribution in [0, 0.1) is 0 Å². The lowest BCUT2D eigenvalue weighted by atomic mass is 10.7. The molecule has 0 unspecified atom stereocenters. The first-order valence-corrected chi connectivity index (χ1v) is 2.55. The fourth-order valence-electron chi connectivity index (χ4n) is 0.128. The van der Waals surface area contributed by atoms with Crippen LogP contribution in [0.1, 0.15) is 0 Å². The quantitative estimate of drug-likeness (QED) is 0.378. The summed E-state index contributed by atoms with van der Waals surface area (Å²) in [6.45, 7) is 0. The van der Waals surface area contributed by atoms with Crippen molar-refractivity contribution in [3.8, 4) is 0 Å². The van der Waals surface area contributed by atoms with Gasteiger partial charge in [0, 0.05) is 6.20 Å². The first-order valence-electron chi connectivity index (χ1n) is 1.68. The lowest BCUT2D eigenvalue weighted by Gasteiger charge is -1.86. The van der Waals surface area contributed by atoms with E-state index in [4.69, 9.17) is 29.0 Å². The van der Waals surface area contributed by atoms with Crippen LogP contribution < -0.4 is 11.3 Å². The molecule has 0 bridgehead atoms. The minimum Gasteiger partial charge on any atom is -0.332 e. The van der Waals surface area contributed by atoms with Crippen molar-refractivity contribution in [2.24, 2.45) is 5.84 Å². The van der Waals surface area contributed by atoms with Crippen LogP contribution in [0.5, 0.6) is 0 Å². The molecule has 0 fully saturated rings. The third kappa shape index (κ3) is 9.62. The summed E-state index contributed by atoms with van der Waals surface area (Å²) >= 11 is 10.5. The maximum Gasteiger partial charge on any atom is 0.127 e. The van der Waals surface area contributed by atoms with Gasteiger partial charge in [0.05, 0.1) is 0 Å². The van der Waals surface area contributed by atoms with E-state index in [-0.39, 0.29) is 12.4 Å². The van der Waals surface area contributed by atoms with Crippen molar-refractivity contribution in [2.75, 3.05) is 0 Å². The molecule has 0 aromatic heterocycles. The second kappa shape index (κ2) is 7.37. The van der Waals surface area contributed by atoms with Crippen LogP contribution in [-0.2, 0) is 0 Å². The second-order valence-electron chi connectivity index (χ2n) is 0.860. The Balaban J connectivity index is 0. The monoisotopic (exact) mass is 176 g/mol. The van der Waals surface area contributed by atoms with Crippen molar-refractivity contribution in [1.29, 1.82) is 0 Å². The highest BCUT2D eigenvalue weighted by Gasteiger charge is 1.84. The van der Waals surface area contributed by atoms with Gasteiger partial charge in [0.15, 0.2) is 0 Å². The van der Waals surface area contributed by atoms with E-state index in [9.17, 15) is 0 Å². The molecule has 0 spiro atoms. The summed E-state index contributed by atoms with van der Waals surface area (Å²) in [4.78, 5) is -0.476. The number of hydrazine groups is 1. The highest BCUT2D eigenvalue weighted by molar-refractivity contribution is 6.45. The SMILES string of the molecule is Cl.NNC=CC(Cl)Cl. The Kier molecular flexibility index (Phi) is 10.3. The molecule has 0 aliphatic rings. The van der Waals surface area contributed by atoms with Gasteiger partial charge in [-0.05, 0) is 6.08 Å². The molecule has 2 nitrogen and oxygen atoms in total. The summed E-state index contributed by atoms with van der Waals surface area (Å²) in [5.74, 6) is 4.82. The smallest absolute Gasteiger partial charge is 0.127 e. The fraction of sp³-hybridized carbons (Fsp3) is 0.333. The third-order valence-electron chi connectivity index (χ3n) is 0.338. The molecule has 0 radical (unpaired) electrons. The molecule has 0 saturated carbocycles. The van der Waals surface area contributed by atoms with E-state index in [0.29, 0.717) is 0 Å². The Morgan fingerprint density at radius 2 is 2.00 bits per heavy atom. The molecule has 50 valence electrons. The number of nitrogens with two attached hydrogens (primary N) is 1. The predicted octanol–water partition coefficient (Wildman–Crippen LogP) is 1.19. The molecule has 8 heavy (non-hydrogen) atoms. The molecule has 0 atom stereocenters. The van der Waals surface area contributed by atoms with Crippen molar-refractivity contribution in [2.45, 2.75) is 4.84 Å². The standard InChI is InChI=1S/C3H6Cl2N2.ClH/c4-3(5)1-2-7-6;/h1-3,7H,6H2;1H. The topological polar surface area (TPSA) is 38.0 Å². The minimum atomic E-state index is -0.476. The van der Waals surface area contributed by atoms with Gasteiger partial charge in [-0.2, -0.15) is 0 Å². The van der Waals surface area contributed by atoms with E-state index >= 15 is 0 Å². The Bertz CT molecular complexity index is 63.5. The van der Waals surface area contributed by atoms with E-state index in [1.807, 2.05) is 0 Å². The normalized spacial score (nSPS) is 9.50. The highest BCUT2D eigenvalue weighted by Crippen LogP contribution is 2.00. The van der Waals surface area contributed by atoms with Gasteiger partial charge in [-0.3, -0.25) is 5.84 Å². The summed E-state index contributed by atoms with van der Waals surface area (Å²) in [6.07, 6.45) is 2.98. The Labute approximate surface area is 64.4 Å². The molecule has 0 saturated heterocycles. The zero-order chi connectivity index (χ0) is 5.70. The van der Waals surface area contributed by atoms with E-state index < -0.39 is 4.84 Å². The molecular formula is C3H7Cl3N2. The lowest BCUT2D eigenvalue weighted by Crippen LogP contribution is -2.13. The molecular weight excluding hydrogens is 170 g/mol. The number of nitrogens with one attached hydrogen (secondary N) is 1. The largest absolute Gasteiger partial charge is 0.332 e. The van der Waals surface area contributed by atoms with Gasteiger partial charge in [-0.1, -0.05) is 0 Å². The molecule has 0 heterocycles. The Morgan fingerprint density at radius 3 is 2.12 bits per heavy atom. The average molecular weight is 177 g/mol. The number of hydrogen-bond acceptors (Lipinski definition) is 2. The van der Waals surface area contributed by atoms with Crippen molar-refractivity contribution in [1.82, 2.24) is 5.43 Å². The number of hydrogen-bond donors (Lipinski definition) is 2. The molecule has 0 aliphatic heterocycles. The van der Waals surface area contributed by atoms with Gasteiger partial charge in [-0.25, -0.2) is 0 Å². The molecule has 0 aromatic rings. The lowest BCUT2D eigenvalue weighted by molar-refractivity contribution is 0.964. The van der Waals surface area contributed by atoms with Gasteiger partial charge in [0.2, 0.25) is 0 Å². The zero-order valence-corrected chi connectivity index (χ0v) is 6.30. The molecule has 5 heteroatoms. The van der Waals surface area contributed by atoms with Crippen LogP contribution in [0.2, 0.25) is 0 Å². The number of alkyl halides is 2. The Hall–Kier alpha value is 0.370. The summed E-state index contributed by atoms with van der Waals surface area (Å²) in [6, 6.07) is 0. The highest BCUT2D eigenvalue weighted by atomic mass is 35.5. The van der Waals surface area contributed by atoms with Crippen LogP contribution in [0.4, 0.5) is 0 Å². The maximum atomic E-state index is 5.24. The third-order valence-corrected chi connectivity index (χ3v) is 0.629. The van der Waals surface area contributed by atoms with E-state index in [1.165, 1.54) is 12.3 Å². The Morgan fingerprint density at radius 1 is 1.50 bits per heavy atom. The maximum absolute atomic E-state index is 5.24. The van der Waals surface area contributed by atoms with Gasteiger partial charge in [0.25, 0.3) is 0 Å². The number of rotatable bonds is 2. The average Bonchev–Trinajstić information content (AvgIpc) is 1.61. The summed E-state index contributed by atoms with van der Waals surface area (Å²) in [7, 11) is 0. The van der Waals surface area contributed by atoms with Crippen molar-refractivity contribution in [3.63, 3.8) is 0 Å². The van der Waals surface area contributed by atoms with Crippen LogP contribution in [0.25, 0.3) is 0 Å². The van der Waals surface area contributed by atoms with Crippen LogP contribution >= 0.6 is 35.6 Å². The van der Waals surface area contributed by atoms with E-state index in [2.05, 4.69) is 5.43 Å². The van der Waals surface area contributed by atoms with Gasteiger partial charge >= 0.3 is 0 Å². The molecule has 3 N–H and O–H groups in total. The molecule has 0 rings (SSSR count). The van der Waals surface area contributed by atoms with Crippen molar-refractivity contribution >= 4 is 35.6 Å². The fourth-order valence-corrected chi connectivity index (χ4v) is 0.274. The van der Waals surface area contributed by atoms with Gasteiger partial charge in [-0.15, -0.1) is 35.6 Å². The number of halogens is 3. The predicted molar refractivity (Wildman–Crippen MR) is 39.2 cm³/mol. The molecule has 0 aliphatic carbocycles. The van der Waals surface area contributed by atoms with Crippen LogP contribution in [0.3, 0.4) is 0 Å². The van der Waals surface area contributed by atoms with Crippen molar-refractivity contribution < 1.29 is 0 Å². The summed E-state index contributed by atoms with van der Waals surface area (Å²) < 4.78 is 0. The summed E-state index contributed by atoms with van der Waals surface area (Å²) in [5, 5.41) is 0. The minimum absolute atomic E-state index is 0. The van der Waals surface area contributed by atoms with E-state index in [0.717, 1.165) is 0 Å². The summed E-state index contributed by atoms with van der Waals surface area (Å²) in [5.41, 5.74) is 2.25. The van der Waals surface area contributed by atoms with Crippen LogP contribution in [-0.4, -0.2) is 4.84 Å². The van der Waals surface area contributed by atoms with Gasteiger partial charge in [0.1, 0.15) is 4.84 Å². The van der Waals surface area contributed by atoms with E-state index in [1.54, 1.807) is 0 Å². The van der Waals surface area contributed by atoms with Gasteiger partial charge < -0.3 is 5.43 Å². The zero-order valence-electron chi connectivity index (χ0n) is 3.97. The number of allylic oxidation sites excluding steroid dienone is 1. The van der Waals surface area contributed by atoms with Crippen molar-refractivity contribution in [3.05, 3.63) is 12.3 Å². The first-order chi connectivity index (χ1) is 3.27. The second-order valence-corrected chi connectivity index (χ2v) is 2.02. The molecule has 0 amide bonds. The molecule has 0 aromatic carbocycles. The van der Waals surface area contributed by atoms with Crippen LogP contribution in [0.15, 0.2) is 12.3 Å².